The molecule has 0 N–H and O–H groups in total. The molecule has 0 saturated heterocycles. The van der Waals surface area contributed by atoms with Gasteiger partial charge in [-0.15, -0.1) is 0 Å². The van der Waals surface area contributed by atoms with Crippen molar-refractivity contribution in [1.29, 1.82) is 0 Å². The molecule has 0 unspecified atom stereocenters. The van der Waals surface area contributed by atoms with Crippen LogP contribution >= 0.6 is 0 Å². The Kier molecular flexibility index (Phi) is 17.4. The van der Waals surface area contributed by atoms with Crippen molar-refractivity contribution in [3.05, 3.63) is 35.9 Å². The van der Waals surface area contributed by atoms with Gasteiger partial charge in [-0.25, -0.2) is 0 Å². The summed E-state index contributed by atoms with van der Waals surface area (Å²) in [6.07, 6.45) is 6.29. The number of hydrogen-bond acceptors (Lipinski definition) is 1. The van der Waals surface area contributed by atoms with Crippen molar-refractivity contribution in [2.45, 2.75) is 86.4 Å². The van der Waals surface area contributed by atoms with Gasteiger partial charge in [0.2, 0.25) is 0 Å². The Balaban J connectivity index is 0. The van der Waals surface area contributed by atoms with Gasteiger partial charge in [0.05, 0.1) is 12.2 Å². The van der Waals surface area contributed by atoms with Gasteiger partial charge in [-0.05, 0) is 34.6 Å². The van der Waals surface area contributed by atoms with Crippen LogP contribution in [0, 0.1) is 6.92 Å². The molecule has 20 heavy (non-hydrogen) atoms. The first-order valence-corrected chi connectivity index (χ1v) is 8.11. The summed E-state index contributed by atoms with van der Waals surface area (Å²) in [6.45, 7) is 14.7. The Hall–Kier alpha value is -0.820. The Bertz CT molecular complexity index is 254. The topological polar surface area (TPSA) is 9.23 Å². The summed E-state index contributed by atoms with van der Waals surface area (Å²) in [7, 11) is 0. The van der Waals surface area contributed by atoms with Gasteiger partial charge in [0.1, 0.15) is 0 Å². The van der Waals surface area contributed by atoms with Crippen LogP contribution in [0.25, 0.3) is 0 Å². The Labute approximate surface area is 127 Å². The lowest BCUT2D eigenvalue weighted by Crippen LogP contribution is -2.09. The molecule has 0 radical (unpaired) electrons. The predicted octanol–water partition coefficient (Wildman–Crippen LogP) is 6.40. The second-order valence-corrected chi connectivity index (χ2v) is 5.60. The first-order valence-electron chi connectivity index (χ1n) is 8.11. The van der Waals surface area contributed by atoms with Gasteiger partial charge in [0.15, 0.2) is 0 Å². The summed E-state index contributed by atoms with van der Waals surface area (Å²) < 4.78 is 5.25. The van der Waals surface area contributed by atoms with Crippen LogP contribution in [-0.4, -0.2) is 12.2 Å². The lowest BCUT2D eigenvalue weighted by molar-refractivity contribution is 0.0300. The molecule has 1 rings (SSSR count). The molecule has 0 bridgehead atoms. The number of aryl methyl sites for hydroxylation is 1. The van der Waals surface area contributed by atoms with Gasteiger partial charge < -0.3 is 4.74 Å². The molecule has 0 fully saturated rings. The van der Waals surface area contributed by atoms with E-state index in [1.807, 2.05) is 45.9 Å². The van der Waals surface area contributed by atoms with Crippen molar-refractivity contribution in [2.75, 3.05) is 0 Å². The van der Waals surface area contributed by atoms with E-state index < -0.39 is 0 Å². The predicted molar refractivity (Wildman–Crippen MR) is 92.4 cm³/mol. The molecule has 0 heterocycles. The molecule has 0 aliphatic rings. The molecule has 1 heteroatoms. The van der Waals surface area contributed by atoms with Crippen molar-refractivity contribution >= 4 is 0 Å². The molecule has 1 nitrogen and oxygen atoms in total. The minimum atomic E-state index is 0.375. The van der Waals surface area contributed by atoms with Crippen LogP contribution in [0.5, 0.6) is 0 Å². The fourth-order valence-electron chi connectivity index (χ4n) is 1.58. The first-order chi connectivity index (χ1) is 9.43. The van der Waals surface area contributed by atoms with Crippen molar-refractivity contribution in [2.24, 2.45) is 0 Å². The maximum absolute atomic E-state index is 5.25. The lowest BCUT2D eigenvalue weighted by Gasteiger charge is -2.09. The van der Waals surface area contributed by atoms with E-state index >= 15 is 0 Å². The maximum atomic E-state index is 5.25. The highest BCUT2D eigenvalue weighted by molar-refractivity contribution is 5.11. The average molecular weight is 280 g/mol. The summed E-state index contributed by atoms with van der Waals surface area (Å²) in [4.78, 5) is 0. The monoisotopic (exact) mass is 280 g/mol. The summed E-state index contributed by atoms with van der Waals surface area (Å²) in [5.41, 5.74) is 1.32. The number of ether oxygens (including phenoxy) is 1. The minimum Gasteiger partial charge on any atom is -0.376 e. The maximum Gasteiger partial charge on any atom is 0.0522 e. The molecule has 1 aromatic rings. The van der Waals surface area contributed by atoms with Crippen LogP contribution in [-0.2, 0) is 4.74 Å². The third-order valence-electron chi connectivity index (χ3n) is 2.44. The quantitative estimate of drug-likeness (QED) is 0.567. The van der Waals surface area contributed by atoms with Crippen molar-refractivity contribution < 1.29 is 4.74 Å². The molecule has 118 valence electrons. The van der Waals surface area contributed by atoms with Crippen LogP contribution in [0.4, 0.5) is 0 Å². The van der Waals surface area contributed by atoms with Gasteiger partial charge in [0.25, 0.3) is 0 Å². The van der Waals surface area contributed by atoms with Gasteiger partial charge in [-0.3, -0.25) is 0 Å². The van der Waals surface area contributed by atoms with Crippen LogP contribution in [0.15, 0.2) is 30.3 Å². The molecule has 0 aliphatic heterocycles. The Morgan fingerprint density at radius 2 is 1.20 bits per heavy atom. The molecule has 0 saturated carbocycles. The summed E-state index contributed by atoms with van der Waals surface area (Å²) in [5, 5.41) is 0. The standard InChI is InChI=1S/C7H8.C6H14O.C6H14/c1-7-5-3-2-4-6-7;1-5(2)7-6(3)4;1-3-5-6-4-2/h2-6H,1H3;5-6H,1-4H3;3-6H2,1-2H3. The van der Waals surface area contributed by atoms with E-state index in [0.29, 0.717) is 12.2 Å². The number of benzene rings is 1. The van der Waals surface area contributed by atoms with E-state index in [2.05, 4.69) is 32.9 Å². The van der Waals surface area contributed by atoms with Gasteiger partial charge in [0, 0.05) is 0 Å². The van der Waals surface area contributed by atoms with E-state index in [9.17, 15) is 0 Å². The fourth-order valence-corrected chi connectivity index (χ4v) is 1.58. The van der Waals surface area contributed by atoms with Gasteiger partial charge >= 0.3 is 0 Å². The largest absolute Gasteiger partial charge is 0.376 e. The normalized spacial score (nSPS) is 9.65. The first kappa shape index (κ1) is 21.5. The van der Waals surface area contributed by atoms with Gasteiger partial charge in [-0.2, -0.15) is 0 Å². The zero-order valence-corrected chi connectivity index (χ0v) is 14.8. The Morgan fingerprint density at radius 1 is 0.800 bits per heavy atom. The molecule has 0 spiro atoms. The zero-order chi connectivity index (χ0) is 15.8. The smallest absolute Gasteiger partial charge is 0.0522 e. The molecule has 0 aromatic heterocycles. The van der Waals surface area contributed by atoms with Crippen LogP contribution in [0.1, 0.15) is 72.8 Å². The van der Waals surface area contributed by atoms with E-state index in [1.165, 1.54) is 31.2 Å². The molecular formula is C19H36O. The summed E-state index contributed by atoms with van der Waals surface area (Å²) in [5.74, 6) is 0. The second kappa shape index (κ2) is 16.2. The second-order valence-electron chi connectivity index (χ2n) is 5.60. The van der Waals surface area contributed by atoms with E-state index in [1.54, 1.807) is 0 Å². The molecule has 0 aliphatic carbocycles. The highest BCUT2D eigenvalue weighted by atomic mass is 16.5. The number of rotatable bonds is 5. The van der Waals surface area contributed by atoms with E-state index in [4.69, 9.17) is 4.74 Å². The minimum absolute atomic E-state index is 0.375. The SMILES string of the molecule is CC(C)OC(C)C.CCCCCC.Cc1ccccc1. The molecule has 0 amide bonds. The van der Waals surface area contributed by atoms with E-state index in [0.717, 1.165) is 0 Å². The Morgan fingerprint density at radius 3 is 1.35 bits per heavy atom. The fraction of sp³-hybridized carbons (Fsp3) is 0.684. The van der Waals surface area contributed by atoms with Crippen molar-refractivity contribution in [3.8, 4) is 0 Å². The number of hydrogen-bond donors (Lipinski definition) is 0. The third kappa shape index (κ3) is 22.4. The molecular weight excluding hydrogens is 244 g/mol. The van der Waals surface area contributed by atoms with E-state index in [-0.39, 0.29) is 0 Å². The number of unbranched alkanes of at least 4 members (excludes halogenated alkanes) is 3. The summed E-state index contributed by atoms with van der Waals surface area (Å²) in [6, 6.07) is 10.3. The van der Waals surface area contributed by atoms with Crippen LogP contribution in [0.2, 0.25) is 0 Å². The summed E-state index contributed by atoms with van der Waals surface area (Å²) >= 11 is 0. The van der Waals surface area contributed by atoms with Gasteiger partial charge in [-0.1, -0.05) is 75.4 Å². The highest BCUT2D eigenvalue weighted by Crippen LogP contribution is 1.95. The molecule has 1 aromatic carbocycles. The van der Waals surface area contributed by atoms with Crippen LogP contribution < -0.4 is 0 Å². The zero-order valence-electron chi connectivity index (χ0n) is 14.8. The average Bonchev–Trinajstić information content (AvgIpc) is 2.37. The van der Waals surface area contributed by atoms with Crippen LogP contribution in [0.3, 0.4) is 0 Å². The molecule has 0 atom stereocenters. The van der Waals surface area contributed by atoms with Crippen molar-refractivity contribution in [3.63, 3.8) is 0 Å². The van der Waals surface area contributed by atoms with Crippen molar-refractivity contribution in [1.82, 2.24) is 0 Å². The highest BCUT2D eigenvalue weighted by Gasteiger charge is 1.94. The third-order valence-corrected chi connectivity index (χ3v) is 2.44. The lowest BCUT2D eigenvalue weighted by atomic mass is 10.2.